The molecule has 116 valence electrons. The fraction of sp³-hybridized carbons (Fsp3) is 0.429. The van der Waals surface area contributed by atoms with Crippen LogP contribution in [0.4, 0.5) is 13.2 Å². The first-order chi connectivity index (χ1) is 9.83. The number of benzene rings is 1. The highest BCUT2D eigenvalue weighted by molar-refractivity contribution is 5.94. The van der Waals surface area contributed by atoms with E-state index in [2.05, 4.69) is 4.74 Å². The van der Waals surface area contributed by atoms with Gasteiger partial charge in [0.25, 0.3) is 5.91 Å². The highest BCUT2D eigenvalue weighted by Crippen LogP contribution is 2.17. The average Bonchev–Trinajstić information content (AvgIpc) is 2.48. The number of nitrogens with zero attached hydrogens (tertiary/aromatic N) is 1. The number of hydrogen-bond acceptors (Lipinski definition) is 3. The normalized spacial score (nSPS) is 11.9. The van der Waals surface area contributed by atoms with Gasteiger partial charge < -0.3 is 9.64 Å². The second-order valence-corrected chi connectivity index (χ2v) is 4.49. The molecule has 0 aliphatic rings. The van der Waals surface area contributed by atoms with Crippen molar-refractivity contribution in [2.75, 3.05) is 20.2 Å². The lowest BCUT2D eigenvalue weighted by molar-refractivity contribution is -0.145. The third-order valence-corrected chi connectivity index (χ3v) is 3.03. The van der Waals surface area contributed by atoms with Gasteiger partial charge in [-0.05, 0) is 19.1 Å². The second kappa shape index (κ2) is 7.10. The van der Waals surface area contributed by atoms with Crippen LogP contribution in [0.2, 0.25) is 0 Å². The third-order valence-electron chi connectivity index (χ3n) is 3.03. The first kappa shape index (κ1) is 17.0. The van der Waals surface area contributed by atoms with Crippen LogP contribution in [0, 0.1) is 23.4 Å². The van der Waals surface area contributed by atoms with E-state index in [9.17, 15) is 22.8 Å². The molecule has 0 N–H and O–H groups in total. The summed E-state index contributed by atoms with van der Waals surface area (Å²) in [7, 11) is 1.21. The molecular weight excluding hydrogens is 287 g/mol. The van der Waals surface area contributed by atoms with Gasteiger partial charge in [0.2, 0.25) is 0 Å². The highest BCUT2D eigenvalue weighted by Gasteiger charge is 2.25. The Morgan fingerprint density at radius 2 is 1.86 bits per heavy atom. The molecule has 4 nitrogen and oxygen atoms in total. The molecule has 1 amide bonds. The van der Waals surface area contributed by atoms with E-state index in [4.69, 9.17) is 0 Å². The van der Waals surface area contributed by atoms with Gasteiger partial charge in [-0.25, -0.2) is 13.2 Å². The van der Waals surface area contributed by atoms with Gasteiger partial charge in [-0.2, -0.15) is 0 Å². The minimum absolute atomic E-state index is 0.0135. The molecule has 0 fully saturated rings. The lowest BCUT2D eigenvalue weighted by atomic mass is 10.1. The van der Waals surface area contributed by atoms with E-state index in [0.717, 1.165) is 11.0 Å². The summed E-state index contributed by atoms with van der Waals surface area (Å²) in [6.07, 6.45) is 0. The predicted molar refractivity (Wildman–Crippen MR) is 69.1 cm³/mol. The average molecular weight is 303 g/mol. The lowest BCUT2D eigenvalue weighted by Crippen LogP contribution is -2.37. The first-order valence-corrected chi connectivity index (χ1v) is 6.34. The zero-order chi connectivity index (χ0) is 16.2. The van der Waals surface area contributed by atoms with Crippen LogP contribution in [0.25, 0.3) is 0 Å². The van der Waals surface area contributed by atoms with Crippen LogP contribution in [0.15, 0.2) is 12.1 Å². The Labute approximate surface area is 120 Å². The molecular formula is C14H16F3NO3. The van der Waals surface area contributed by atoms with E-state index in [-0.39, 0.29) is 13.1 Å². The molecule has 1 aromatic rings. The van der Waals surface area contributed by atoms with E-state index in [1.807, 2.05) is 0 Å². The highest BCUT2D eigenvalue weighted by atomic mass is 19.2. The Morgan fingerprint density at radius 1 is 1.24 bits per heavy atom. The first-order valence-electron chi connectivity index (χ1n) is 6.34. The minimum atomic E-state index is -1.70. The molecule has 0 aliphatic carbocycles. The van der Waals surface area contributed by atoms with Crippen molar-refractivity contribution >= 4 is 11.9 Å². The third kappa shape index (κ3) is 3.74. The van der Waals surface area contributed by atoms with Gasteiger partial charge in [0.05, 0.1) is 18.6 Å². The van der Waals surface area contributed by atoms with Crippen LogP contribution in [-0.2, 0) is 9.53 Å². The molecule has 0 bridgehead atoms. The smallest absolute Gasteiger partial charge is 0.310 e. The van der Waals surface area contributed by atoms with Gasteiger partial charge in [0.15, 0.2) is 17.5 Å². The summed E-state index contributed by atoms with van der Waals surface area (Å²) < 4.78 is 44.2. The number of rotatable bonds is 5. The second-order valence-electron chi connectivity index (χ2n) is 4.49. The number of methoxy groups -OCH3 is 1. The van der Waals surface area contributed by atoms with Crippen LogP contribution in [-0.4, -0.2) is 37.0 Å². The summed E-state index contributed by atoms with van der Waals surface area (Å²) in [5, 5.41) is 0. The van der Waals surface area contributed by atoms with Crippen LogP contribution in [0.3, 0.4) is 0 Å². The van der Waals surface area contributed by atoms with Gasteiger partial charge in [0.1, 0.15) is 0 Å². The lowest BCUT2D eigenvalue weighted by Gasteiger charge is -2.23. The minimum Gasteiger partial charge on any atom is -0.469 e. The molecule has 0 spiro atoms. The van der Waals surface area contributed by atoms with E-state index < -0.39 is 40.8 Å². The Kier molecular flexibility index (Phi) is 5.75. The Morgan fingerprint density at radius 3 is 2.38 bits per heavy atom. The van der Waals surface area contributed by atoms with Crippen molar-refractivity contribution in [1.82, 2.24) is 4.90 Å². The maximum Gasteiger partial charge on any atom is 0.310 e. The number of esters is 1. The van der Waals surface area contributed by atoms with Crippen LogP contribution >= 0.6 is 0 Å². The molecule has 0 aromatic heterocycles. The summed E-state index contributed by atoms with van der Waals surface area (Å²) in [6.45, 7) is 3.34. The quantitative estimate of drug-likeness (QED) is 0.620. The van der Waals surface area contributed by atoms with Crippen molar-refractivity contribution in [2.24, 2.45) is 5.92 Å². The van der Waals surface area contributed by atoms with Crippen LogP contribution in [0.1, 0.15) is 24.2 Å². The van der Waals surface area contributed by atoms with Crippen molar-refractivity contribution in [3.63, 3.8) is 0 Å². The van der Waals surface area contributed by atoms with E-state index >= 15 is 0 Å². The molecule has 0 heterocycles. The molecule has 0 saturated carbocycles. The number of halogens is 3. The van der Waals surface area contributed by atoms with Gasteiger partial charge >= 0.3 is 5.97 Å². The molecule has 1 aromatic carbocycles. The standard InChI is InChI=1S/C14H16F3NO3/c1-4-18(7-8(2)14(20)21-3)13(19)9-5-6-10(15)12(17)11(9)16/h5-6,8H,4,7H2,1-3H3. The van der Waals surface area contributed by atoms with Crippen molar-refractivity contribution in [3.8, 4) is 0 Å². The van der Waals surface area contributed by atoms with Gasteiger partial charge in [-0.15, -0.1) is 0 Å². The Bertz CT molecular complexity index is 549. The van der Waals surface area contributed by atoms with Crippen molar-refractivity contribution < 1.29 is 27.5 Å². The summed E-state index contributed by atoms with van der Waals surface area (Å²) in [5.41, 5.74) is -0.576. The molecule has 1 rings (SSSR count). The van der Waals surface area contributed by atoms with Crippen molar-refractivity contribution in [2.45, 2.75) is 13.8 Å². The number of amides is 1. The largest absolute Gasteiger partial charge is 0.469 e. The topological polar surface area (TPSA) is 46.6 Å². The molecule has 7 heteroatoms. The molecule has 0 aliphatic heterocycles. The number of carbonyl (C=O) groups is 2. The van der Waals surface area contributed by atoms with E-state index in [0.29, 0.717) is 6.07 Å². The maximum atomic E-state index is 13.6. The molecule has 1 atom stereocenters. The number of carbonyl (C=O) groups excluding carboxylic acids is 2. The van der Waals surface area contributed by atoms with E-state index in [1.165, 1.54) is 7.11 Å². The summed E-state index contributed by atoms with van der Waals surface area (Å²) in [5.74, 6) is -6.55. The molecule has 21 heavy (non-hydrogen) atoms. The molecule has 0 saturated heterocycles. The Balaban J connectivity index is 2.99. The van der Waals surface area contributed by atoms with E-state index in [1.54, 1.807) is 13.8 Å². The van der Waals surface area contributed by atoms with Crippen LogP contribution < -0.4 is 0 Å². The maximum absolute atomic E-state index is 13.6. The van der Waals surface area contributed by atoms with Crippen molar-refractivity contribution in [1.29, 1.82) is 0 Å². The Hall–Kier alpha value is -2.05. The molecule has 0 radical (unpaired) electrons. The zero-order valence-corrected chi connectivity index (χ0v) is 12.0. The predicted octanol–water partition coefficient (Wildman–Crippen LogP) is 2.38. The van der Waals surface area contributed by atoms with Gasteiger partial charge in [-0.1, -0.05) is 6.92 Å². The monoisotopic (exact) mass is 303 g/mol. The number of ether oxygens (including phenoxy) is 1. The summed E-state index contributed by atoms with van der Waals surface area (Å²) in [4.78, 5) is 24.7. The number of hydrogen-bond donors (Lipinski definition) is 0. The van der Waals surface area contributed by atoms with Crippen LogP contribution in [0.5, 0.6) is 0 Å². The summed E-state index contributed by atoms with van der Waals surface area (Å²) in [6, 6.07) is 1.56. The molecule has 1 unspecified atom stereocenters. The van der Waals surface area contributed by atoms with Gasteiger partial charge in [-0.3, -0.25) is 9.59 Å². The van der Waals surface area contributed by atoms with Gasteiger partial charge in [0, 0.05) is 13.1 Å². The fourth-order valence-corrected chi connectivity index (χ4v) is 1.82. The fourth-order valence-electron chi connectivity index (χ4n) is 1.82. The SMILES string of the molecule is CCN(CC(C)C(=O)OC)C(=O)c1ccc(F)c(F)c1F. The van der Waals surface area contributed by atoms with Crippen molar-refractivity contribution in [3.05, 3.63) is 35.1 Å². The zero-order valence-electron chi connectivity index (χ0n) is 12.0. The summed E-state index contributed by atoms with van der Waals surface area (Å²) >= 11 is 0.